The Labute approximate surface area is 104 Å². The van der Waals surface area contributed by atoms with Crippen molar-refractivity contribution in [1.82, 2.24) is 10.2 Å². The van der Waals surface area contributed by atoms with Crippen LogP contribution in [-0.2, 0) is 9.53 Å². The van der Waals surface area contributed by atoms with E-state index in [1.54, 1.807) is 0 Å². The summed E-state index contributed by atoms with van der Waals surface area (Å²) in [6, 6.07) is 0.416. The molecule has 0 aromatic carbocycles. The van der Waals surface area contributed by atoms with Crippen LogP contribution in [0.25, 0.3) is 0 Å². The lowest BCUT2D eigenvalue weighted by atomic mass is 10.1. The molecule has 0 aromatic heterocycles. The molecule has 2 unspecified atom stereocenters. The highest BCUT2D eigenvalue weighted by atomic mass is 16.5. The summed E-state index contributed by atoms with van der Waals surface area (Å²) in [5.41, 5.74) is 0. The Morgan fingerprint density at radius 1 is 1.29 bits per heavy atom. The summed E-state index contributed by atoms with van der Waals surface area (Å²) in [4.78, 5) is 14.1. The summed E-state index contributed by atoms with van der Waals surface area (Å²) in [6.07, 6.45) is 6.27. The van der Waals surface area contributed by atoms with Crippen LogP contribution < -0.4 is 5.32 Å². The molecule has 17 heavy (non-hydrogen) atoms. The molecular weight excluding hydrogens is 216 g/mol. The lowest BCUT2D eigenvalue weighted by Gasteiger charge is -2.28. The largest absolute Gasteiger partial charge is 0.378 e. The minimum Gasteiger partial charge on any atom is -0.378 e. The van der Waals surface area contributed by atoms with E-state index in [1.807, 2.05) is 11.9 Å². The normalized spacial score (nSPS) is 29.9. The van der Waals surface area contributed by atoms with Crippen LogP contribution in [0.4, 0.5) is 0 Å². The van der Waals surface area contributed by atoms with E-state index < -0.39 is 0 Å². The lowest BCUT2D eigenvalue weighted by Crippen LogP contribution is -2.39. The summed E-state index contributed by atoms with van der Waals surface area (Å²) in [5.74, 6) is 0.254. The summed E-state index contributed by atoms with van der Waals surface area (Å²) >= 11 is 0. The van der Waals surface area contributed by atoms with Crippen molar-refractivity contribution >= 4 is 5.91 Å². The van der Waals surface area contributed by atoms with E-state index in [4.69, 9.17) is 4.74 Å². The average Bonchev–Trinajstić information content (AvgIpc) is 2.68. The molecule has 0 aliphatic carbocycles. The van der Waals surface area contributed by atoms with E-state index >= 15 is 0 Å². The molecule has 2 heterocycles. The fourth-order valence-electron chi connectivity index (χ4n) is 2.74. The molecule has 2 aliphatic rings. The molecule has 0 aromatic rings. The van der Waals surface area contributed by atoms with Crippen LogP contribution in [0.15, 0.2) is 0 Å². The summed E-state index contributed by atoms with van der Waals surface area (Å²) in [7, 11) is 1.95. The molecule has 0 saturated carbocycles. The lowest BCUT2D eigenvalue weighted by molar-refractivity contribution is -0.134. The number of hydrogen-bond acceptors (Lipinski definition) is 3. The van der Waals surface area contributed by atoms with Crippen molar-refractivity contribution in [3.63, 3.8) is 0 Å². The molecule has 98 valence electrons. The Kier molecular flexibility index (Phi) is 4.80. The maximum Gasteiger partial charge on any atom is 0.225 e. The van der Waals surface area contributed by atoms with Gasteiger partial charge >= 0.3 is 0 Å². The smallest absolute Gasteiger partial charge is 0.225 e. The van der Waals surface area contributed by atoms with Gasteiger partial charge in [-0.3, -0.25) is 4.79 Å². The molecule has 1 amide bonds. The number of carbonyl (C=O) groups excluding carboxylic acids is 1. The first kappa shape index (κ1) is 12.8. The predicted octanol–water partition coefficient (Wildman–Crippen LogP) is 1.16. The summed E-state index contributed by atoms with van der Waals surface area (Å²) < 4.78 is 5.53. The van der Waals surface area contributed by atoms with E-state index in [-0.39, 0.29) is 12.0 Å². The zero-order valence-electron chi connectivity index (χ0n) is 10.8. The maximum absolute atomic E-state index is 12.1. The summed E-state index contributed by atoms with van der Waals surface area (Å²) in [6.45, 7) is 2.95. The highest BCUT2D eigenvalue weighted by molar-refractivity contribution is 5.76. The van der Waals surface area contributed by atoms with Crippen molar-refractivity contribution in [2.45, 2.75) is 50.7 Å². The zero-order valence-corrected chi connectivity index (χ0v) is 10.8. The zero-order chi connectivity index (χ0) is 12.1. The van der Waals surface area contributed by atoms with E-state index in [2.05, 4.69) is 5.32 Å². The Morgan fingerprint density at radius 3 is 2.94 bits per heavy atom. The number of hydrogen-bond donors (Lipinski definition) is 1. The van der Waals surface area contributed by atoms with Gasteiger partial charge < -0.3 is 15.0 Å². The molecule has 0 radical (unpaired) electrons. The van der Waals surface area contributed by atoms with Crippen molar-refractivity contribution in [3.05, 3.63) is 0 Å². The number of amides is 1. The third kappa shape index (κ3) is 3.68. The van der Waals surface area contributed by atoms with Gasteiger partial charge in [-0.1, -0.05) is 0 Å². The molecule has 4 nitrogen and oxygen atoms in total. The molecule has 2 saturated heterocycles. The van der Waals surface area contributed by atoms with Gasteiger partial charge in [-0.25, -0.2) is 0 Å². The van der Waals surface area contributed by atoms with Crippen molar-refractivity contribution in [2.24, 2.45) is 0 Å². The monoisotopic (exact) mass is 240 g/mol. The molecule has 1 N–H and O–H groups in total. The molecule has 2 rings (SSSR count). The predicted molar refractivity (Wildman–Crippen MR) is 66.9 cm³/mol. The number of ether oxygens (including phenoxy) is 1. The molecule has 4 heteroatoms. The van der Waals surface area contributed by atoms with E-state index in [0.717, 1.165) is 45.4 Å². The molecule has 0 spiro atoms. The number of carbonyl (C=O) groups is 1. The van der Waals surface area contributed by atoms with Crippen LogP contribution in [0.1, 0.15) is 38.5 Å². The van der Waals surface area contributed by atoms with Crippen molar-refractivity contribution in [2.75, 3.05) is 26.7 Å². The van der Waals surface area contributed by atoms with Gasteiger partial charge in [0.25, 0.3) is 0 Å². The molecule has 2 fully saturated rings. The first-order valence-electron chi connectivity index (χ1n) is 6.85. The first-order valence-corrected chi connectivity index (χ1v) is 6.85. The van der Waals surface area contributed by atoms with Gasteiger partial charge in [0.2, 0.25) is 5.91 Å². The number of nitrogens with zero attached hydrogens (tertiary/aromatic N) is 1. The second kappa shape index (κ2) is 6.36. The van der Waals surface area contributed by atoms with Crippen molar-refractivity contribution in [3.8, 4) is 0 Å². The topological polar surface area (TPSA) is 41.6 Å². The summed E-state index contributed by atoms with van der Waals surface area (Å²) in [5, 5.41) is 3.38. The van der Waals surface area contributed by atoms with E-state index in [9.17, 15) is 4.79 Å². The van der Waals surface area contributed by atoms with Crippen molar-refractivity contribution < 1.29 is 9.53 Å². The third-order valence-electron chi connectivity index (χ3n) is 3.91. The maximum atomic E-state index is 12.1. The highest BCUT2D eigenvalue weighted by Gasteiger charge is 2.25. The fraction of sp³-hybridized carbons (Fsp3) is 0.923. The second-order valence-electron chi connectivity index (χ2n) is 5.18. The Bertz CT molecular complexity index is 244. The third-order valence-corrected chi connectivity index (χ3v) is 3.91. The fourth-order valence-corrected chi connectivity index (χ4v) is 2.74. The molecule has 2 atom stereocenters. The molecular formula is C13H24N2O2. The van der Waals surface area contributed by atoms with Gasteiger partial charge in [0.1, 0.15) is 0 Å². The van der Waals surface area contributed by atoms with Gasteiger partial charge in [-0.2, -0.15) is 0 Å². The van der Waals surface area contributed by atoms with Crippen molar-refractivity contribution in [1.29, 1.82) is 0 Å². The minimum atomic E-state index is 0.175. The van der Waals surface area contributed by atoms with E-state index in [1.165, 1.54) is 6.42 Å². The van der Waals surface area contributed by atoms with Crippen LogP contribution in [0.2, 0.25) is 0 Å². The highest BCUT2D eigenvalue weighted by Crippen LogP contribution is 2.18. The Hall–Kier alpha value is -0.610. The second-order valence-corrected chi connectivity index (χ2v) is 5.18. The minimum absolute atomic E-state index is 0.175. The van der Waals surface area contributed by atoms with Gasteiger partial charge in [0.05, 0.1) is 12.5 Å². The SMILES string of the molecule is CN(C(=O)CC1CCCO1)C1CCCNCC1. The Balaban J connectivity index is 1.80. The quantitative estimate of drug-likeness (QED) is 0.805. The number of nitrogens with one attached hydrogen (secondary N) is 1. The van der Waals surface area contributed by atoms with Crippen LogP contribution in [0.3, 0.4) is 0 Å². The number of rotatable bonds is 3. The molecule has 2 aliphatic heterocycles. The van der Waals surface area contributed by atoms with Gasteiger partial charge in [0, 0.05) is 19.7 Å². The van der Waals surface area contributed by atoms with Crippen LogP contribution in [-0.4, -0.2) is 49.7 Å². The van der Waals surface area contributed by atoms with Gasteiger partial charge in [0.15, 0.2) is 0 Å². The van der Waals surface area contributed by atoms with Gasteiger partial charge in [-0.15, -0.1) is 0 Å². The van der Waals surface area contributed by atoms with E-state index in [0.29, 0.717) is 12.5 Å². The molecule has 0 bridgehead atoms. The standard InChI is InChI=1S/C13H24N2O2/c1-15(11-4-2-7-14-8-6-11)13(16)10-12-5-3-9-17-12/h11-12,14H,2-10H2,1H3. The van der Waals surface area contributed by atoms with Crippen LogP contribution in [0.5, 0.6) is 0 Å². The first-order chi connectivity index (χ1) is 8.27. The average molecular weight is 240 g/mol. The van der Waals surface area contributed by atoms with Crippen LogP contribution in [0, 0.1) is 0 Å². The van der Waals surface area contributed by atoms with Gasteiger partial charge in [-0.05, 0) is 45.2 Å². The Morgan fingerprint density at radius 2 is 2.18 bits per heavy atom. The van der Waals surface area contributed by atoms with Crippen LogP contribution >= 0.6 is 0 Å².